The molecule has 3 heteroatoms. The van der Waals surface area contributed by atoms with Gasteiger partial charge in [0, 0.05) is 24.3 Å². The Kier molecular flexibility index (Phi) is 5.22. The summed E-state index contributed by atoms with van der Waals surface area (Å²) in [7, 11) is 2.23. The maximum atomic E-state index is 12.5. The first kappa shape index (κ1) is 19.4. The Morgan fingerprint density at radius 2 is 2.04 bits per heavy atom. The Morgan fingerprint density at radius 1 is 1.31 bits per heavy atom. The minimum Gasteiger partial charge on any atom is -0.508 e. The topological polar surface area (TPSA) is 40.5 Å². The zero-order chi connectivity index (χ0) is 19.1. The Hall–Kier alpha value is -1.35. The predicted octanol–water partition coefficient (Wildman–Crippen LogP) is 4.70. The van der Waals surface area contributed by atoms with Crippen LogP contribution in [0.25, 0.3) is 0 Å². The van der Waals surface area contributed by atoms with Crippen molar-refractivity contribution in [2.45, 2.75) is 77.7 Å². The quantitative estimate of drug-likeness (QED) is 0.802. The van der Waals surface area contributed by atoms with Gasteiger partial charge in [-0.2, -0.15) is 0 Å². The third-order valence-corrected chi connectivity index (χ3v) is 7.52. The molecule has 1 N–H and O–H groups in total. The van der Waals surface area contributed by atoms with Crippen molar-refractivity contribution in [3.8, 4) is 5.75 Å². The molecular weight excluding hydrogens is 322 g/mol. The molecule has 1 aromatic rings. The number of rotatable bonds is 6. The van der Waals surface area contributed by atoms with Crippen LogP contribution in [0.2, 0.25) is 0 Å². The number of phenolic OH excluding ortho intramolecular Hbond substituents is 1. The molecule has 0 aromatic heterocycles. The first-order valence-corrected chi connectivity index (χ1v) is 10.2. The normalized spacial score (nSPS) is 31.1. The van der Waals surface area contributed by atoms with Crippen molar-refractivity contribution in [3.63, 3.8) is 0 Å². The number of ketones is 1. The van der Waals surface area contributed by atoms with Crippen LogP contribution in [0.1, 0.15) is 70.9 Å². The lowest BCUT2D eigenvalue weighted by Gasteiger charge is -2.62. The number of carbonyl (C=O) groups is 1. The molecule has 26 heavy (non-hydrogen) atoms. The highest BCUT2D eigenvalue weighted by molar-refractivity contribution is 5.78. The van der Waals surface area contributed by atoms with Gasteiger partial charge in [0.05, 0.1) is 0 Å². The molecule has 1 heterocycles. The highest BCUT2D eigenvalue weighted by Crippen LogP contribution is 2.58. The zero-order valence-corrected chi connectivity index (χ0v) is 17.1. The molecular formula is C23H35NO2. The number of hydrogen-bond acceptors (Lipinski definition) is 3. The monoisotopic (exact) mass is 357 g/mol. The van der Waals surface area contributed by atoms with Crippen LogP contribution in [0.5, 0.6) is 5.75 Å². The molecule has 1 aromatic carbocycles. The molecule has 0 saturated carbocycles. The Bertz CT molecular complexity index is 683. The summed E-state index contributed by atoms with van der Waals surface area (Å²) < 4.78 is 0. The second kappa shape index (κ2) is 6.99. The first-order chi connectivity index (χ1) is 12.2. The third-order valence-electron chi connectivity index (χ3n) is 7.52. The predicted molar refractivity (Wildman–Crippen MR) is 107 cm³/mol. The summed E-state index contributed by atoms with van der Waals surface area (Å²) in [4.78, 5) is 15.0. The van der Waals surface area contributed by atoms with Crippen LogP contribution in [0.15, 0.2) is 18.2 Å². The van der Waals surface area contributed by atoms with Gasteiger partial charge in [0.1, 0.15) is 11.5 Å². The lowest BCUT2D eigenvalue weighted by atomic mass is 9.49. The number of Topliss-reactive ketones (excluding diaryl/α,β-unsaturated/α-hetero) is 1. The Morgan fingerprint density at radius 3 is 2.73 bits per heavy atom. The number of benzene rings is 1. The summed E-state index contributed by atoms with van der Waals surface area (Å²) in [6, 6.07) is 6.35. The molecule has 3 atom stereocenters. The van der Waals surface area contributed by atoms with E-state index in [-0.39, 0.29) is 10.8 Å². The average molecular weight is 358 g/mol. The summed E-state index contributed by atoms with van der Waals surface area (Å²) in [5, 5.41) is 10.1. The van der Waals surface area contributed by atoms with E-state index in [4.69, 9.17) is 0 Å². The molecule has 2 aliphatic rings. The van der Waals surface area contributed by atoms with Crippen LogP contribution in [0.3, 0.4) is 0 Å². The number of aromatic hydroxyl groups is 1. The van der Waals surface area contributed by atoms with Crippen LogP contribution >= 0.6 is 0 Å². The van der Waals surface area contributed by atoms with Crippen molar-refractivity contribution in [1.82, 2.24) is 4.90 Å². The van der Waals surface area contributed by atoms with E-state index in [1.807, 2.05) is 12.1 Å². The van der Waals surface area contributed by atoms with E-state index >= 15 is 0 Å². The highest BCUT2D eigenvalue weighted by Gasteiger charge is 2.57. The molecule has 1 fully saturated rings. The van der Waals surface area contributed by atoms with Gasteiger partial charge in [-0.3, -0.25) is 4.79 Å². The summed E-state index contributed by atoms with van der Waals surface area (Å²) >= 11 is 0. The van der Waals surface area contributed by atoms with Gasteiger partial charge in [-0.05, 0) is 73.9 Å². The van der Waals surface area contributed by atoms with Gasteiger partial charge in [-0.15, -0.1) is 0 Å². The zero-order valence-electron chi connectivity index (χ0n) is 17.1. The van der Waals surface area contributed by atoms with Crippen molar-refractivity contribution in [2.24, 2.45) is 11.3 Å². The number of hydrogen-bond donors (Lipinski definition) is 1. The van der Waals surface area contributed by atoms with Crippen molar-refractivity contribution < 1.29 is 9.90 Å². The molecule has 1 aliphatic heterocycles. The lowest BCUT2D eigenvalue weighted by Crippen LogP contribution is -2.64. The number of phenols is 1. The van der Waals surface area contributed by atoms with Crippen molar-refractivity contribution in [3.05, 3.63) is 29.3 Å². The van der Waals surface area contributed by atoms with Crippen molar-refractivity contribution >= 4 is 5.78 Å². The summed E-state index contributed by atoms with van der Waals surface area (Å²) in [5.41, 5.74) is 2.73. The summed E-state index contributed by atoms with van der Waals surface area (Å²) in [6.07, 6.45) is 5.41. The minimum absolute atomic E-state index is 0.00876. The molecule has 144 valence electrons. The average Bonchev–Trinajstić information content (AvgIpc) is 2.59. The number of nitrogens with zero attached hydrogens (tertiary/aromatic N) is 1. The van der Waals surface area contributed by atoms with E-state index < -0.39 is 0 Å². The van der Waals surface area contributed by atoms with Gasteiger partial charge < -0.3 is 10.0 Å². The van der Waals surface area contributed by atoms with E-state index in [0.717, 1.165) is 32.2 Å². The van der Waals surface area contributed by atoms with Gasteiger partial charge >= 0.3 is 0 Å². The number of likely N-dealkylation sites (tertiary alicyclic amines) is 1. The highest BCUT2D eigenvalue weighted by atomic mass is 16.3. The number of carbonyl (C=O) groups excluding carboxylic acids is 1. The molecule has 0 unspecified atom stereocenters. The van der Waals surface area contributed by atoms with E-state index in [1.54, 1.807) is 0 Å². The smallest absolute Gasteiger partial charge is 0.132 e. The van der Waals surface area contributed by atoms with Crippen LogP contribution in [0.4, 0.5) is 0 Å². The van der Waals surface area contributed by atoms with Gasteiger partial charge in [0.25, 0.3) is 0 Å². The van der Waals surface area contributed by atoms with Crippen molar-refractivity contribution in [1.29, 1.82) is 0 Å². The first-order valence-electron chi connectivity index (χ1n) is 10.2. The molecule has 2 bridgehead atoms. The standard InChI is InChI=1S/C23H35NO2/c1-16(2)6-8-18(25)10-11-23(4)21-14-17-7-9-19(26)15-20(17)22(23,3)12-13-24(21)5/h7,9,15-16,21,26H,6,8,10-14H2,1-5H3/t21-,22+,23-/m1/s1. The van der Waals surface area contributed by atoms with E-state index in [2.05, 4.69) is 45.7 Å². The maximum Gasteiger partial charge on any atom is 0.132 e. The van der Waals surface area contributed by atoms with E-state index in [9.17, 15) is 9.90 Å². The maximum absolute atomic E-state index is 12.5. The Balaban J connectivity index is 1.88. The van der Waals surface area contributed by atoms with Gasteiger partial charge in [0.15, 0.2) is 0 Å². The Labute approximate surface area is 158 Å². The van der Waals surface area contributed by atoms with E-state index in [0.29, 0.717) is 36.3 Å². The fourth-order valence-corrected chi connectivity index (χ4v) is 5.40. The summed E-state index contributed by atoms with van der Waals surface area (Å²) in [6.45, 7) is 10.2. The van der Waals surface area contributed by atoms with Crippen molar-refractivity contribution in [2.75, 3.05) is 13.6 Å². The molecule has 1 saturated heterocycles. The van der Waals surface area contributed by atoms with E-state index in [1.165, 1.54) is 11.1 Å². The van der Waals surface area contributed by atoms with Crippen LogP contribution < -0.4 is 0 Å². The largest absolute Gasteiger partial charge is 0.508 e. The lowest BCUT2D eigenvalue weighted by molar-refractivity contribution is -0.121. The molecule has 0 spiro atoms. The number of likely N-dealkylation sites (N-methyl/N-ethyl adjacent to an activating group) is 1. The fraction of sp³-hybridized carbons (Fsp3) is 0.696. The third kappa shape index (κ3) is 3.19. The SMILES string of the molecule is CC(C)CCC(=O)CC[C@]1(C)[C@H]2Cc3ccc(O)cc3[C@]1(C)CCN2C. The van der Waals surface area contributed by atoms with Gasteiger partial charge in [-0.25, -0.2) is 0 Å². The van der Waals surface area contributed by atoms with Gasteiger partial charge in [-0.1, -0.05) is 33.8 Å². The second-order valence-corrected chi connectivity index (χ2v) is 9.51. The van der Waals surface area contributed by atoms with Crippen LogP contribution in [-0.4, -0.2) is 35.4 Å². The molecule has 3 nitrogen and oxygen atoms in total. The minimum atomic E-state index is 0.00876. The van der Waals surface area contributed by atoms with Crippen LogP contribution in [0, 0.1) is 11.3 Å². The second-order valence-electron chi connectivity index (χ2n) is 9.51. The summed E-state index contributed by atoms with van der Waals surface area (Å²) in [5.74, 6) is 1.35. The molecule has 1 aliphatic carbocycles. The van der Waals surface area contributed by atoms with Crippen LogP contribution in [-0.2, 0) is 16.6 Å². The molecule has 3 rings (SSSR count). The molecule has 0 amide bonds. The fourth-order valence-electron chi connectivity index (χ4n) is 5.40. The van der Waals surface area contributed by atoms with Gasteiger partial charge in [0.2, 0.25) is 0 Å². The number of fused-ring (bicyclic) bond motifs is 4. The number of piperidine rings is 1. The molecule has 0 radical (unpaired) electrons.